The molecule has 0 aromatic carbocycles. The molecule has 1 saturated heterocycles. The number of carbonyl (C=O) groups is 1. The summed E-state index contributed by atoms with van der Waals surface area (Å²) in [7, 11) is 0. The van der Waals surface area contributed by atoms with Crippen LogP contribution in [0, 0.1) is 11.3 Å². The second kappa shape index (κ2) is 7.03. The average molecular weight is 355 g/mol. The van der Waals surface area contributed by atoms with Gasteiger partial charge in [-0.3, -0.25) is 9.69 Å². The van der Waals surface area contributed by atoms with Gasteiger partial charge >= 0.3 is 0 Å². The zero-order valence-corrected chi connectivity index (χ0v) is 15.0. The number of aryl methyl sites for hydroxylation is 1. The van der Waals surface area contributed by atoms with Gasteiger partial charge in [-0.25, -0.2) is 0 Å². The Morgan fingerprint density at radius 1 is 1.24 bits per heavy atom. The van der Waals surface area contributed by atoms with Crippen molar-refractivity contribution in [3.8, 4) is 6.07 Å². The number of fused-ring (bicyclic) bond motifs is 1. The van der Waals surface area contributed by atoms with Gasteiger partial charge in [0.05, 0.1) is 12.1 Å². The first-order valence-electron chi connectivity index (χ1n) is 8.91. The molecule has 0 atom stereocenters. The van der Waals surface area contributed by atoms with Gasteiger partial charge in [0.1, 0.15) is 16.8 Å². The van der Waals surface area contributed by atoms with Gasteiger partial charge in [0, 0.05) is 4.88 Å². The minimum absolute atomic E-state index is 0.275. The van der Waals surface area contributed by atoms with Gasteiger partial charge in [0.25, 0.3) is 5.91 Å². The standard InChI is InChI=1S/C19H21N3O2S/c20-11-15-14-5-1-2-6-17(14)25-19(15)21-18(23)16-8-7-13(24-16)12-22-9-3-4-10-22/h7-8H,1-6,9-10,12H2,(H,21,23). The van der Waals surface area contributed by atoms with Crippen molar-refractivity contribution in [2.75, 3.05) is 18.4 Å². The molecule has 4 rings (SSSR count). The van der Waals surface area contributed by atoms with Crippen LogP contribution in [0.1, 0.15) is 58.0 Å². The van der Waals surface area contributed by atoms with E-state index in [0.29, 0.717) is 16.3 Å². The van der Waals surface area contributed by atoms with E-state index in [4.69, 9.17) is 4.42 Å². The molecule has 1 amide bonds. The van der Waals surface area contributed by atoms with Crippen molar-refractivity contribution < 1.29 is 9.21 Å². The number of nitrogens with zero attached hydrogens (tertiary/aromatic N) is 2. The van der Waals surface area contributed by atoms with Crippen LogP contribution in [0.2, 0.25) is 0 Å². The number of carbonyl (C=O) groups excluding carboxylic acids is 1. The summed E-state index contributed by atoms with van der Waals surface area (Å²) in [6.45, 7) is 2.94. The van der Waals surface area contributed by atoms with Crippen molar-refractivity contribution in [3.05, 3.63) is 39.7 Å². The summed E-state index contributed by atoms with van der Waals surface area (Å²) in [5.74, 6) is 0.852. The van der Waals surface area contributed by atoms with Gasteiger partial charge in [0.15, 0.2) is 5.76 Å². The number of thiophene rings is 1. The molecule has 0 bridgehead atoms. The van der Waals surface area contributed by atoms with E-state index < -0.39 is 0 Å². The van der Waals surface area contributed by atoms with Crippen LogP contribution in [0.15, 0.2) is 16.5 Å². The third-order valence-corrected chi connectivity index (χ3v) is 6.18. The molecule has 5 nitrogen and oxygen atoms in total. The van der Waals surface area contributed by atoms with E-state index in [1.807, 2.05) is 6.07 Å². The third kappa shape index (κ3) is 3.35. The minimum atomic E-state index is -0.275. The fourth-order valence-corrected chi connectivity index (χ4v) is 4.92. The number of rotatable bonds is 4. The van der Waals surface area contributed by atoms with E-state index >= 15 is 0 Å². The number of hydrogen-bond acceptors (Lipinski definition) is 5. The summed E-state index contributed by atoms with van der Waals surface area (Å²) in [6, 6.07) is 5.87. The van der Waals surface area contributed by atoms with Crippen LogP contribution in [0.25, 0.3) is 0 Å². The van der Waals surface area contributed by atoms with Crippen molar-refractivity contribution in [2.24, 2.45) is 0 Å². The van der Waals surface area contributed by atoms with Crippen LogP contribution in [0.3, 0.4) is 0 Å². The van der Waals surface area contributed by atoms with Crippen LogP contribution in [0.4, 0.5) is 5.00 Å². The number of nitrogens with one attached hydrogen (secondary N) is 1. The Labute approximate surface area is 151 Å². The van der Waals surface area contributed by atoms with E-state index in [2.05, 4.69) is 16.3 Å². The Balaban J connectivity index is 1.48. The van der Waals surface area contributed by atoms with E-state index in [9.17, 15) is 10.1 Å². The molecule has 130 valence electrons. The lowest BCUT2D eigenvalue weighted by atomic mass is 9.96. The molecule has 2 aliphatic rings. The first kappa shape index (κ1) is 16.4. The SMILES string of the molecule is N#Cc1c(NC(=O)c2ccc(CN3CCCC3)o2)sc2c1CCCC2. The lowest BCUT2D eigenvalue weighted by Crippen LogP contribution is -2.18. The molecule has 2 aromatic rings. The molecule has 2 aromatic heterocycles. The summed E-state index contributed by atoms with van der Waals surface area (Å²) in [6.07, 6.45) is 6.67. The summed E-state index contributed by atoms with van der Waals surface area (Å²) in [5.41, 5.74) is 1.76. The molecule has 0 spiro atoms. The highest BCUT2D eigenvalue weighted by molar-refractivity contribution is 7.16. The van der Waals surface area contributed by atoms with Crippen molar-refractivity contribution in [1.29, 1.82) is 5.26 Å². The predicted molar refractivity (Wildman–Crippen MR) is 96.8 cm³/mol. The lowest BCUT2D eigenvalue weighted by molar-refractivity contribution is 0.0993. The van der Waals surface area contributed by atoms with Crippen LogP contribution >= 0.6 is 11.3 Å². The normalized spacial score (nSPS) is 17.2. The van der Waals surface area contributed by atoms with Crippen molar-refractivity contribution in [1.82, 2.24) is 4.90 Å². The lowest BCUT2D eigenvalue weighted by Gasteiger charge is -2.11. The summed E-state index contributed by atoms with van der Waals surface area (Å²) >= 11 is 1.54. The molecule has 3 heterocycles. The number of likely N-dealkylation sites (tertiary alicyclic amines) is 1. The van der Waals surface area contributed by atoms with E-state index in [0.717, 1.165) is 56.6 Å². The Morgan fingerprint density at radius 3 is 2.84 bits per heavy atom. The second-order valence-corrected chi connectivity index (χ2v) is 7.84. The van der Waals surface area contributed by atoms with Gasteiger partial charge in [-0.05, 0) is 69.3 Å². The smallest absolute Gasteiger partial charge is 0.292 e. The monoisotopic (exact) mass is 355 g/mol. The van der Waals surface area contributed by atoms with Crippen molar-refractivity contribution >= 4 is 22.2 Å². The first-order valence-corrected chi connectivity index (χ1v) is 9.73. The topological polar surface area (TPSA) is 69.3 Å². The molecular formula is C19H21N3O2S. The molecule has 1 N–H and O–H groups in total. The highest BCUT2D eigenvalue weighted by atomic mass is 32.1. The molecule has 1 fully saturated rings. The van der Waals surface area contributed by atoms with Crippen LogP contribution in [-0.2, 0) is 19.4 Å². The quantitative estimate of drug-likeness (QED) is 0.902. The van der Waals surface area contributed by atoms with Gasteiger partial charge in [-0.1, -0.05) is 0 Å². The molecule has 1 aliphatic carbocycles. The number of furan rings is 1. The van der Waals surface area contributed by atoms with Crippen LogP contribution in [0.5, 0.6) is 0 Å². The number of anilines is 1. The molecule has 0 radical (unpaired) electrons. The largest absolute Gasteiger partial charge is 0.455 e. The minimum Gasteiger partial charge on any atom is -0.455 e. The Morgan fingerprint density at radius 2 is 2.04 bits per heavy atom. The van der Waals surface area contributed by atoms with Crippen molar-refractivity contribution in [2.45, 2.75) is 45.1 Å². The second-order valence-electron chi connectivity index (χ2n) is 6.73. The fourth-order valence-electron chi connectivity index (χ4n) is 3.68. The Hall–Kier alpha value is -2.10. The van der Waals surface area contributed by atoms with Gasteiger partial charge < -0.3 is 9.73 Å². The molecule has 0 unspecified atom stereocenters. The maximum absolute atomic E-state index is 12.5. The molecule has 0 saturated carbocycles. The summed E-state index contributed by atoms with van der Waals surface area (Å²) in [5, 5.41) is 13.0. The van der Waals surface area contributed by atoms with Gasteiger partial charge in [0.2, 0.25) is 0 Å². The third-order valence-electron chi connectivity index (χ3n) is 4.97. The Bertz CT molecular complexity index is 824. The van der Waals surface area contributed by atoms with Gasteiger partial charge in [-0.2, -0.15) is 5.26 Å². The average Bonchev–Trinajstić information content (AvgIpc) is 3.34. The molecule has 25 heavy (non-hydrogen) atoms. The predicted octanol–water partition coefficient (Wildman–Crippen LogP) is 3.94. The zero-order chi connectivity index (χ0) is 17.2. The maximum atomic E-state index is 12.5. The fraction of sp³-hybridized carbons (Fsp3) is 0.474. The Kier molecular flexibility index (Phi) is 4.60. The van der Waals surface area contributed by atoms with Crippen LogP contribution in [-0.4, -0.2) is 23.9 Å². The summed E-state index contributed by atoms with van der Waals surface area (Å²) in [4.78, 5) is 16.1. The van der Waals surface area contributed by atoms with Crippen LogP contribution < -0.4 is 5.32 Å². The van der Waals surface area contributed by atoms with Gasteiger partial charge in [-0.15, -0.1) is 11.3 Å². The highest BCUT2D eigenvalue weighted by Gasteiger charge is 2.23. The van der Waals surface area contributed by atoms with E-state index in [1.54, 1.807) is 6.07 Å². The van der Waals surface area contributed by atoms with Crippen molar-refractivity contribution in [3.63, 3.8) is 0 Å². The molecular weight excluding hydrogens is 334 g/mol. The molecule has 6 heteroatoms. The zero-order valence-electron chi connectivity index (χ0n) is 14.1. The highest BCUT2D eigenvalue weighted by Crippen LogP contribution is 2.37. The van der Waals surface area contributed by atoms with E-state index in [1.165, 1.54) is 29.1 Å². The molecule has 1 aliphatic heterocycles. The maximum Gasteiger partial charge on any atom is 0.292 e. The number of hydrogen-bond donors (Lipinski definition) is 1. The number of amides is 1. The number of nitriles is 1. The van der Waals surface area contributed by atoms with E-state index in [-0.39, 0.29) is 5.91 Å². The first-order chi connectivity index (χ1) is 12.2. The summed E-state index contributed by atoms with van der Waals surface area (Å²) < 4.78 is 5.72.